The molecule has 3 aliphatic rings. The molecule has 0 aromatic rings. The van der Waals surface area contributed by atoms with E-state index in [1.165, 1.54) is 0 Å². The fourth-order valence-corrected chi connectivity index (χ4v) is 3.70. The van der Waals surface area contributed by atoms with Crippen LogP contribution in [0.4, 0.5) is 0 Å². The molecule has 0 saturated heterocycles. The van der Waals surface area contributed by atoms with E-state index < -0.39 is 23.4 Å². The van der Waals surface area contributed by atoms with Gasteiger partial charge in [0, 0.05) is 23.3 Å². The molecular formula is C17H19NO5. The van der Waals surface area contributed by atoms with Crippen molar-refractivity contribution in [2.75, 3.05) is 6.54 Å². The molecule has 23 heavy (non-hydrogen) atoms. The largest absolute Gasteiger partial charge is 0.481 e. The molecule has 0 aromatic carbocycles. The summed E-state index contributed by atoms with van der Waals surface area (Å²) in [4.78, 5) is 36.0. The van der Waals surface area contributed by atoms with E-state index in [0.29, 0.717) is 24.8 Å². The first-order chi connectivity index (χ1) is 10.9. The average molecular weight is 317 g/mol. The quantitative estimate of drug-likeness (QED) is 0.610. The lowest BCUT2D eigenvalue weighted by Crippen LogP contribution is -2.31. The van der Waals surface area contributed by atoms with Gasteiger partial charge in [-0.25, -0.2) is 0 Å². The van der Waals surface area contributed by atoms with Gasteiger partial charge < -0.3 is 15.5 Å². The van der Waals surface area contributed by atoms with E-state index in [0.717, 1.165) is 5.57 Å². The van der Waals surface area contributed by atoms with Gasteiger partial charge in [-0.05, 0) is 25.7 Å². The summed E-state index contributed by atoms with van der Waals surface area (Å²) in [5, 5.41) is 21.6. The SMILES string of the molecule is C#CCNC(=O)CC1(C(=O)C2=C3C[C@@H](O)C[C@@H](C(=O)O)C32)CC1. The van der Waals surface area contributed by atoms with Crippen molar-refractivity contribution in [3.05, 3.63) is 11.1 Å². The normalized spacial score (nSPS) is 30.0. The maximum absolute atomic E-state index is 12.8. The number of amides is 1. The Balaban J connectivity index is 1.71. The predicted octanol–water partition coefficient (Wildman–Crippen LogP) is 0.257. The number of carboxylic acid groups (broad SMARTS) is 1. The van der Waals surface area contributed by atoms with Crippen LogP contribution < -0.4 is 5.32 Å². The number of terminal acetylenes is 1. The lowest BCUT2D eigenvalue weighted by Gasteiger charge is -2.22. The summed E-state index contributed by atoms with van der Waals surface area (Å²) in [5.74, 6) is -0.0839. The standard InChI is InChI=1S/C17H19NO5/c1-2-5-18-12(20)8-17(3-4-17)15(21)14-10-6-9(19)7-11(13(10)14)16(22)23/h1,9,11,13,19H,3-8H2,(H,18,20)(H,22,23)/t9-,11-,13?/m1/s1. The van der Waals surface area contributed by atoms with E-state index in [-0.39, 0.29) is 37.0 Å². The van der Waals surface area contributed by atoms with E-state index in [2.05, 4.69) is 11.2 Å². The van der Waals surface area contributed by atoms with Crippen LogP contribution in [0.15, 0.2) is 11.1 Å². The molecule has 0 aromatic heterocycles. The van der Waals surface area contributed by atoms with E-state index >= 15 is 0 Å². The van der Waals surface area contributed by atoms with Crippen LogP contribution in [0.3, 0.4) is 0 Å². The summed E-state index contributed by atoms with van der Waals surface area (Å²) in [6.07, 6.45) is 6.30. The van der Waals surface area contributed by atoms with Gasteiger partial charge in [-0.1, -0.05) is 11.5 Å². The number of carbonyl (C=O) groups excluding carboxylic acids is 2. The van der Waals surface area contributed by atoms with Gasteiger partial charge in [0.2, 0.25) is 5.91 Å². The summed E-state index contributed by atoms with van der Waals surface area (Å²) >= 11 is 0. The third kappa shape index (κ3) is 2.77. The number of fused-ring (bicyclic) bond motifs is 1. The van der Waals surface area contributed by atoms with Crippen LogP contribution in [0.25, 0.3) is 0 Å². The highest BCUT2D eigenvalue weighted by atomic mass is 16.4. The zero-order valence-electron chi connectivity index (χ0n) is 12.7. The van der Waals surface area contributed by atoms with Gasteiger partial charge in [0.25, 0.3) is 0 Å². The number of allylic oxidation sites excluding steroid dienone is 1. The Morgan fingerprint density at radius 3 is 2.61 bits per heavy atom. The Labute approximate surface area is 133 Å². The van der Waals surface area contributed by atoms with Crippen molar-refractivity contribution in [2.45, 2.75) is 38.2 Å². The number of ketones is 1. The van der Waals surface area contributed by atoms with Crippen molar-refractivity contribution in [1.29, 1.82) is 0 Å². The average Bonchev–Trinajstić information content (AvgIpc) is 3.39. The number of Topliss-reactive ketones (excluding diaryl/α,β-unsaturated/α-hetero) is 1. The summed E-state index contributed by atoms with van der Waals surface area (Å²) in [7, 11) is 0. The number of carboxylic acids is 1. The fourth-order valence-electron chi connectivity index (χ4n) is 3.70. The lowest BCUT2D eigenvalue weighted by atomic mass is 9.84. The lowest BCUT2D eigenvalue weighted by molar-refractivity contribution is -0.144. The number of aliphatic hydroxyl groups is 1. The minimum atomic E-state index is -0.981. The Kier molecular flexibility index (Phi) is 3.77. The highest BCUT2D eigenvalue weighted by Crippen LogP contribution is 2.60. The molecule has 2 saturated carbocycles. The van der Waals surface area contributed by atoms with E-state index in [1.54, 1.807) is 0 Å². The first kappa shape index (κ1) is 15.8. The van der Waals surface area contributed by atoms with Crippen molar-refractivity contribution in [1.82, 2.24) is 5.32 Å². The number of nitrogens with one attached hydrogen (secondary N) is 1. The Bertz CT molecular complexity index is 652. The molecule has 0 radical (unpaired) electrons. The van der Waals surface area contributed by atoms with Crippen molar-refractivity contribution in [3.8, 4) is 12.3 Å². The minimum Gasteiger partial charge on any atom is -0.481 e. The van der Waals surface area contributed by atoms with Crippen molar-refractivity contribution >= 4 is 17.7 Å². The van der Waals surface area contributed by atoms with Gasteiger partial charge in [-0.2, -0.15) is 0 Å². The Morgan fingerprint density at radius 2 is 2.04 bits per heavy atom. The van der Waals surface area contributed by atoms with E-state index in [9.17, 15) is 24.6 Å². The molecule has 0 heterocycles. The summed E-state index contributed by atoms with van der Waals surface area (Å²) in [5.41, 5.74) is 0.638. The topological polar surface area (TPSA) is 104 Å². The van der Waals surface area contributed by atoms with Gasteiger partial charge in [0.05, 0.1) is 18.6 Å². The molecule has 0 aliphatic heterocycles. The van der Waals surface area contributed by atoms with Crippen LogP contribution >= 0.6 is 0 Å². The van der Waals surface area contributed by atoms with Crippen LogP contribution in [0.2, 0.25) is 0 Å². The number of rotatable bonds is 6. The highest BCUT2D eigenvalue weighted by molar-refractivity contribution is 6.09. The van der Waals surface area contributed by atoms with Gasteiger partial charge in [0.1, 0.15) is 0 Å². The number of aliphatic hydroxyl groups excluding tert-OH is 1. The second-order valence-corrected chi connectivity index (χ2v) is 6.72. The smallest absolute Gasteiger partial charge is 0.307 e. The molecule has 3 aliphatic carbocycles. The third-order valence-corrected chi connectivity index (χ3v) is 5.12. The third-order valence-electron chi connectivity index (χ3n) is 5.12. The maximum Gasteiger partial charge on any atom is 0.307 e. The van der Waals surface area contributed by atoms with Gasteiger partial charge in [-0.3, -0.25) is 14.4 Å². The molecule has 0 bridgehead atoms. The molecule has 3 atom stereocenters. The molecule has 3 rings (SSSR count). The second-order valence-electron chi connectivity index (χ2n) is 6.72. The number of carbonyl (C=O) groups is 3. The zero-order valence-corrected chi connectivity index (χ0v) is 12.7. The Morgan fingerprint density at radius 1 is 1.35 bits per heavy atom. The van der Waals surface area contributed by atoms with Crippen LogP contribution in [-0.2, 0) is 14.4 Å². The zero-order chi connectivity index (χ0) is 16.8. The minimum absolute atomic E-state index is 0.0945. The van der Waals surface area contributed by atoms with Crippen LogP contribution in [0.5, 0.6) is 0 Å². The first-order valence-electron chi connectivity index (χ1n) is 7.78. The monoisotopic (exact) mass is 317 g/mol. The highest BCUT2D eigenvalue weighted by Gasteiger charge is 2.60. The fraction of sp³-hybridized carbons (Fsp3) is 0.588. The van der Waals surface area contributed by atoms with E-state index in [4.69, 9.17) is 6.42 Å². The Hall–Kier alpha value is -2.13. The summed E-state index contributed by atoms with van der Waals surface area (Å²) in [6.45, 7) is 0.132. The molecule has 1 amide bonds. The van der Waals surface area contributed by atoms with Crippen LogP contribution in [0.1, 0.15) is 32.1 Å². The van der Waals surface area contributed by atoms with Gasteiger partial charge >= 0.3 is 5.97 Å². The van der Waals surface area contributed by atoms with Gasteiger partial charge in [-0.15, -0.1) is 6.42 Å². The van der Waals surface area contributed by atoms with Crippen molar-refractivity contribution in [3.63, 3.8) is 0 Å². The maximum atomic E-state index is 12.8. The van der Waals surface area contributed by atoms with Crippen molar-refractivity contribution in [2.24, 2.45) is 17.3 Å². The van der Waals surface area contributed by atoms with Crippen molar-refractivity contribution < 1.29 is 24.6 Å². The molecule has 3 N–H and O–H groups in total. The predicted molar refractivity (Wildman–Crippen MR) is 80.0 cm³/mol. The number of hydrogen-bond donors (Lipinski definition) is 3. The number of aliphatic carboxylic acids is 1. The summed E-state index contributed by atoms with van der Waals surface area (Å²) in [6, 6.07) is 0. The summed E-state index contributed by atoms with van der Waals surface area (Å²) < 4.78 is 0. The molecule has 0 spiro atoms. The molecule has 6 heteroatoms. The molecular weight excluding hydrogens is 298 g/mol. The van der Waals surface area contributed by atoms with Crippen LogP contribution in [0, 0.1) is 29.6 Å². The molecule has 122 valence electrons. The molecule has 1 unspecified atom stereocenters. The number of hydrogen-bond acceptors (Lipinski definition) is 4. The first-order valence-corrected chi connectivity index (χ1v) is 7.78. The molecule has 6 nitrogen and oxygen atoms in total. The second kappa shape index (κ2) is 5.50. The molecule has 2 fully saturated rings. The van der Waals surface area contributed by atoms with E-state index in [1.807, 2.05) is 0 Å². The van der Waals surface area contributed by atoms with Gasteiger partial charge in [0.15, 0.2) is 5.78 Å². The van der Waals surface area contributed by atoms with Crippen LogP contribution in [-0.4, -0.2) is 40.5 Å².